The standard InChI is InChI=1S/C26H34FN7O3/c1-15(2)34-22(9-10-29-34)25(36)32-23(18-7-5-16(3)6-8-18)26(37)31-20-13-30-33(14-20)17(4)21-11-19(27)12-28-24(21)35/h9-18,23H,5-8H2,1-4H3,(H,28,35)(H,31,37)(H,32,36)/t16?,17-,18?,23-/m0/s1. The van der Waals surface area contributed by atoms with Crippen LogP contribution in [0, 0.1) is 17.7 Å². The molecule has 0 bridgehead atoms. The normalized spacial score (nSPS) is 19.4. The summed E-state index contributed by atoms with van der Waals surface area (Å²) >= 11 is 0. The fourth-order valence-corrected chi connectivity index (χ4v) is 4.90. The maximum Gasteiger partial charge on any atom is 0.270 e. The summed E-state index contributed by atoms with van der Waals surface area (Å²) < 4.78 is 16.8. The number of pyridine rings is 1. The SMILES string of the molecule is CC1CCC([C@H](NC(=O)c2ccnn2C(C)C)C(=O)Nc2cnn([C@@H](C)c3cc(F)c[nH]c3=O)c2)CC1. The average molecular weight is 512 g/mol. The van der Waals surface area contributed by atoms with Crippen molar-refractivity contribution in [2.75, 3.05) is 5.32 Å². The zero-order chi connectivity index (χ0) is 26.7. The predicted octanol–water partition coefficient (Wildman–Crippen LogP) is 3.66. The lowest BCUT2D eigenvalue weighted by molar-refractivity contribution is -0.119. The highest BCUT2D eigenvalue weighted by Gasteiger charge is 2.33. The Labute approximate surface area is 214 Å². The lowest BCUT2D eigenvalue weighted by atomic mass is 9.79. The van der Waals surface area contributed by atoms with Crippen LogP contribution >= 0.6 is 0 Å². The molecule has 11 heteroatoms. The largest absolute Gasteiger partial charge is 0.339 e. The van der Waals surface area contributed by atoms with Crippen molar-refractivity contribution in [3.8, 4) is 0 Å². The molecule has 1 aliphatic carbocycles. The summed E-state index contributed by atoms with van der Waals surface area (Å²) in [5.41, 5.74) is 0.619. The number of rotatable bonds is 8. The van der Waals surface area contributed by atoms with E-state index in [-0.39, 0.29) is 29.3 Å². The summed E-state index contributed by atoms with van der Waals surface area (Å²) in [5, 5.41) is 14.3. The molecule has 0 radical (unpaired) electrons. The second-order valence-corrected chi connectivity index (χ2v) is 10.2. The van der Waals surface area contributed by atoms with E-state index >= 15 is 0 Å². The van der Waals surface area contributed by atoms with Gasteiger partial charge >= 0.3 is 0 Å². The van der Waals surface area contributed by atoms with Crippen molar-refractivity contribution in [2.45, 2.75) is 71.5 Å². The Kier molecular flexibility index (Phi) is 7.89. The van der Waals surface area contributed by atoms with E-state index in [2.05, 4.69) is 32.7 Å². The Bertz CT molecular complexity index is 1300. The summed E-state index contributed by atoms with van der Waals surface area (Å²) in [6.45, 7) is 7.79. The molecule has 3 aromatic heterocycles. The molecule has 0 aliphatic heterocycles. The van der Waals surface area contributed by atoms with Crippen LogP contribution in [0.15, 0.2) is 41.7 Å². The number of nitrogens with zero attached hydrogens (tertiary/aromatic N) is 4. The van der Waals surface area contributed by atoms with Gasteiger partial charge in [-0.25, -0.2) is 4.39 Å². The van der Waals surface area contributed by atoms with E-state index in [0.717, 1.165) is 31.9 Å². The maximum atomic E-state index is 13.7. The van der Waals surface area contributed by atoms with Gasteiger partial charge in [-0.05, 0) is 57.6 Å². The molecule has 4 rings (SSSR count). The van der Waals surface area contributed by atoms with E-state index in [1.54, 1.807) is 30.1 Å². The Morgan fingerprint density at radius 1 is 1.16 bits per heavy atom. The predicted molar refractivity (Wildman–Crippen MR) is 137 cm³/mol. The van der Waals surface area contributed by atoms with Crippen molar-refractivity contribution in [3.05, 3.63) is 64.3 Å². The van der Waals surface area contributed by atoms with Crippen LogP contribution in [0.2, 0.25) is 0 Å². The topological polar surface area (TPSA) is 127 Å². The Balaban J connectivity index is 1.52. The summed E-state index contributed by atoms with van der Waals surface area (Å²) in [4.78, 5) is 41.2. The highest BCUT2D eigenvalue weighted by atomic mass is 19.1. The van der Waals surface area contributed by atoms with Gasteiger partial charge in [0.25, 0.3) is 11.5 Å². The second kappa shape index (κ2) is 11.1. The minimum atomic E-state index is -0.734. The number of aromatic nitrogens is 5. The quantitative estimate of drug-likeness (QED) is 0.425. The van der Waals surface area contributed by atoms with Crippen molar-refractivity contribution < 1.29 is 14.0 Å². The van der Waals surface area contributed by atoms with Crippen LogP contribution in [0.5, 0.6) is 0 Å². The van der Waals surface area contributed by atoms with Crippen molar-refractivity contribution in [1.29, 1.82) is 0 Å². The van der Waals surface area contributed by atoms with Gasteiger partial charge < -0.3 is 15.6 Å². The molecule has 1 aliphatic rings. The van der Waals surface area contributed by atoms with Gasteiger partial charge in [0.05, 0.1) is 17.9 Å². The molecule has 3 aromatic rings. The average Bonchev–Trinajstić information content (AvgIpc) is 3.54. The number of nitrogens with one attached hydrogen (secondary N) is 3. The van der Waals surface area contributed by atoms with E-state index in [9.17, 15) is 18.8 Å². The minimum Gasteiger partial charge on any atom is -0.339 e. The number of anilines is 1. The Morgan fingerprint density at radius 2 is 1.89 bits per heavy atom. The van der Waals surface area contributed by atoms with Crippen LogP contribution in [-0.4, -0.2) is 42.4 Å². The monoisotopic (exact) mass is 511 g/mol. The van der Waals surface area contributed by atoms with Crippen molar-refractivity contribution in [2.24, 2.45) is 11.8 Å². The van der Waals surface area contributed by atoms with Gasteiger partial charge in [0, 0.05) is 30.2 Å². The molecule has 2 atom stereocenters. The lowest BCUT2D eigenvalue weighted by Gasteiger charge is -2.32. The van der Waals surface area contributed by atoms with Gasteiger partial charge in [-0.1, -0.05) is 19.8 Å². The van der Waals surface area contributed by atoms with Gasteiger partial charge in [0.1, 0.15) is 17.6 Å². The van der Waals surface area contributed by atoms with E-state index in [1.807, 2.05) is 13.8 Å². The molecule has 3 N–H and O–H groups in total. The molecule has 1 fully saturated rings. The molecule has 0 aromatic carbocycles. The van der Waals surface area contributed by atoms with Gasteiger partial charge in [-0.15, -0.1) is 0 Å². The highest BCUT2D eigenvalue weighted by Crippen LogP contribution is 2.31. The summed E-state index contributed by atoms with van der Waals surface area (Å²) in [6, 6.07) is 1.52. The third-order valence-electron chi connectivity index (χ3n) is 7.11. The zero-order valence-electron chi connectivity index (χ0n) is 21.6. The Hall–Kier alpha value is -3.76. The first-order chi connectivity index (χ1) is 17.6. The molecule has 0 spiro atoms. The van der Waals surface area contributed by atoms with Crippen molar-refractivity contribution in [1.82, 2.24) is 29.9 Å². The molecule has 37 heavy (non-hydrogen) atoms. The van der Waals surface area contributed by atoms with E-state index in [1.165, 1.54) is 16.9 Å². The van der Waals surface area contributed by atoms with Crippen molar-refractivity contribution in [3.63, 3.8) is 0 Å². The lowest BCUT2D eigenvalue weighted by Crippen LogP contribution is -2.49. The third-order valence-corrected chi connectivity index (χ3v) is 7.11. The second-order valence-electron chi connectivity index (χ2n) is 10.2. The first-order valence-electron chi connectivity index (χ1n) is 12.7. The summed E-state index contributed by atoms with van der Waals surface area (Å²) in [7, 11) is 0. The van der Waals surface area contributed by atoms with Crippen LogP contribution in [0.25, 0.3) is 0 Å². The van der Waals surface area contributed by atoms with Crippen LogP contribution in [0.3, 0.4) is 0 Å². The van der Waals surface area contributed by atoms with Gasteiger partial charge in [-0.3, -0.25) is 23.7 Å². The summed E-state index contributed by atoms with van der Waals surface area (Å²) in [5.74, 6) is -0.653. The van der Waals surface area contributed by atoms with E-state index < -0.39 is 23.5 Å². The number of hydrogen-bond acceptors (Lipinski definition) is 5. The molecule has 1 saturated carbocycles. The number of H-pyrrole nitrogens is 1. The number of aromatic amines is 1. The molecular formula is C26H34FN7O3. The fraction of sp³-hybridized carbons (Fsp3) is 0.500. The van der Waals surface area contributed by atoms with Gasteiger partial charge in [-0.2, -0.15) is 10.2 Å². The third kappa shape index (κ3) is 5.98. The summed E-state index contributed by atoms with van der Waals surface area (Å²) in [6.07, 6.45) is 9.29. The molecule has 10 nitrogen and oxygen atoms in total. The smallest absolute Gasteiger partial charge is 0.270 e. The zero-order valence-corrected chi connectivity index (χ0v) is 21.6. The first-order valence-corrected chi connectivity index (χ1v) is 12.7. The van der Waals surface area contributed by atoms with Gasteiger partial charge in [0.15, 0.2) is 0 Å². The molecule has 0 unspecified atom stereocenters. The fourth-order valence-electron chi connectivity index (χ4n) is 4.90. The molecule has 0 saturated heterocycles. The number of carbonyl (C=O) groups excluding carboxylic acids is 2. The van der Waals surface area contributed by atoms with Crippen LogP contribution in [-0.2, 0) is 4.79 Å². The minimum absolute atomic E-state index is 0.00304. The number of carbonyl (C=O) groups is 2. The van der Waals surface area contributed by atoms with Gasteiger partial charge in [0.2, 0.25) is 5.91 Å². The molecule has 198 valence electrons. The van der Waals surface area contributed by atoms with Crippen LogP contribution in [0.4, 0.5) is 10.1 Å². The first kappa shape index (κ1) is 26.3. The van der Waals surface area contributed by atoms with Crippen molar-refractivity contribution >= 4 is 17.5 Å². The Morgan fingerprint density at radius 3 is 2.59 bits per heavy atom. The van der Waals surface area contributed by atoms with Crippen LogP contribution in [0.1, 0.15) is 81.5 Å². The molecule has 3 heterocycles. The van der Waals surface area contributed by atoms with E-state index in [4.69, 9.17) is 0 Å². The number of hydrogen-bond donors (Lipinski definition) is 3. The number of halogens is 1. The van der Waals surface area contributed by atoms with E-state index in [0.29, 0.717) is 17.3 Å². The molecule has 2 amide bonds. The maximum absolute atomic E-state index is 13.7. The van der Waals surface area contributed by atoms with Crippen LogP contribution < -0.4 is 16.2 Å². The molecular weight excluding hydrogens is 477 g/mol. The highest BCUT2D eigenvalue weighted by molar-refractivity contribution is 6.00. The number of amides is 2.